The Balaban J connectivity index is 1.67. The third-order valence-corrected chi connectivity index (χ3v) is 5.85. The molecule has 2 aromatic heterocycles. The summed E-state index contributed by atoms with van der Waals surface area (Å²) in [6.45, 7) is 0.714. The van der Waals surface area contributed by atoms with E-state index in [4.69, 9.17) is 9.47 Å². The van der Waals surface area contributed by atoms with E-state index in [0.29, 0.717) is 18.0 Å². The molecule has 1 amide bonds. The molecule has 2 aromatic carbocycles. The van der Waals surface area contributed by atoms with E-state index in [2.05, 4.69) is 27.2 Å². The molecule has 0 radical (unpaired) electrons. The van der Waals surface area contributed by atoms with E-state index >= 15 is 0 Å². The fourth-order valence-electron chi connectivity index (χ4n) is 4.50. The minimum absolute atomic E-state index is 0.0373. The Bertz CT molecular complexity index is 1230. The number of nitrogens with one attached hydrogen (secondary N) is 1. The quantitative estimate of drug-likeness (QED) is 0.540. The van der Waals surface area contributed by atoms with Gasteiger partial charge in [-0.15, -0.1) is 0 Å². The zero-order valence-electron chi connectivity index (χ0n) is 17.4. The van der Waals surface area contributed by atoms with Crippen LogP contribution in [0.25, 0.3) is 10.9 Å². The van der Waals surface area contributed by atoms with Crippen molar-refractivity contribution in [3.63, 3.8) is 0 Å². The highest BCUT2D eigenvalue weighted by atomic mass is 16.5. The smallest absolute Gasteiger partial charge is 0.245 e. The van der Waals surface area contributed by atoms with Crippen molar-refractivity contribution in [1.82, 2.24) is 24.6 Å². The molecule has 0 bridgehead atoms. The second-order valence-electron chi connectivity index (χ2n) is 7.48. The van der Waals surface area contributed by atoms with Crippen LogP contribution in [0, 0.1) is 0 Å². The molecule has 8 heteroatoms. The number of benzene rings is 2. The molecule has 1 atom stereocenters. The number of ether oxygens (including phenoxy) is 2. The number of aromatic nitrogens is 4. The molecule has 1 aliphatic rings. The maximum atomic E-state index is 13.4. The molecule has 1 aliphatic heterocycles. The van der Waals surface area contributed by atoms with Crippen LogP contribution < -0.4 is 9.47 Å². The van der Waals surface area contributed by atoms with Gasteiger partial charge in [0.1, 0.15) is 25.2 Å². The summed E-state index contributed by atoms with van der Waals surface area (Å²) in [7, 11) is 3.24. The van der Waals surface area contributed by atoms with Crippen LogP contribution in [0.4, 0.5) is 0 Å². The van der Waals surface area contributed by atoms with Gasteiger partial charge in [-0.1, -0.05) is 30.3 Å². The summed E-state index contributed by atoms with van der Waals surface area (Å²) in [5.74, 6) is 1.22. The van der Waals surface area contributed by atoms with E-state index in [1.54, 1.807) is 25.2 Å². The first-order chi connectivity index (χ1) is 15.2. The van der Waals surface area contributed by atoms with Crippen molar-refractivity contribution >= 4 is 16.8 Å². The highest BCUT2D eigenvalue weighted by Gasteiger charge is 2.36. The topological polar surface area (TPSA) is 85.3 Å². The van der Waals surface area contributed by atoms with Gasteiger partial charge in [0.2, 0.25) is 5.91 Å². The molecule has 31 heavy (non-hydrogen) atoms. The van der Waals surface area contributed by atoms with Gasteiger partial charge >= 0.3 is 0 Å². The van der Waals surface area contributed by atoms with Crippen LogP contribution in [0.3, 0.4) is 0 Å². The van der Waals surface area contributed by atoms with E-state index in [-0.39, 0.29) is 18.5 Å². The number of para-hydroxylation sites is 2. The van der Waals surface area contributed by atoms with Crippen molar-refractivity contribution in [2.75, 3.05) is 20.8 Å². The number of aromatic amines is 1. The van der Waals surface area contributed by atoms with Crippen LogP contribution in [0.5, 0.6) is 11.5 Å². The third kappa shape index (κ3) is 3.20. The van der Waals surface area contributed by atoms with Crippen molar-refractivity contribution in [3.8, 4) is 11.5 Å². The van der Waals surface area contributed by atoms with E-state index in [0.717, 1.165) is 23.2 Å². The molecule has 0 saturated heterocycles. The molecular weight excluding hydrogens is 394 g/mol. The number of amides is 1. The summed E-state index contributed by atoms with van der Waals surface area (Å²) in [5.41, 5.74) is 4.17. The summed E-state index contributed by atoms with van der Waals surface area (Å²) >= 11 is 0. The fourth-order valence-corrected chi connectivity index (χ4v) is 4.50. The van der Waals surface area contributed by atoms with E-state index in [1.165, 1.54) is 17.3 Å². The highest BCUT2D eigenvalue weighted by molar-refractivity contribution is 5.86. The van der Waals surface area contributed by atoms with Gasteiger partial charge in [-0.05, 0) is 24.1 Å². The van der Waals surface area contributed by atoms with Gasteiger partial charge in [0.25, 0.3) is 0 Å². The van der Waals surface area contributed by atoms with Crippen LogP contribution >= 0.6 is 0 Å². The van der Waals surface area contributed by atoms with Crippen molar-refractivity contribution in [2.24, 2.45) is 0 Å². The molecule has 0 fully saturated rings. The Labute approximate surface area is 179 Å². The number of hydrogen-bond donors (Lipinski definition) is 1. The number of methoxy groups -OCH3 is 2. The zero-order valence-corrected chi connectivity index (χ0v) is 17.4. The monoisotopic (exact) mass is 417 g/mol. The first kappa shape index (κ1) is 19.2. The van der Waals surface area contributed by atoms with Crippen molar-refractivity contribution in [2.45, 2.75) is 19.0 Å². The van der Waals surface area contributed by atoms with Gasteiger partial charge in [-0.3, -0.25) is 4.79 Å². The largest absolute Gasteiger partial charge is 0.493 e. The summed E-state index contributed by atoms with van der Waals surface area (Å²) in [6.07, 6.45) is 3.75. The SMILES string of the molecule is COc1cccc([C@@H]2c3[nH]c4ccccc4c3CCN2C(=O)Cn2cncn2)c1OC. The minimum atomic E-state index is -0.336. The average molecular weight is 417 g/mol. The van der Waals surface area contributed by atoms with Crippen LogP contribution in [0.2, 0.25) is 0 Å². The van der Waals surface area contributed by atoms with Gasteiger partial charge in [0.15, 0.2) is 11.5 Å². The predicted octanol–water partition coefficient (Wildman–Crippen LogP) is 2.95. The standard InChI is InChI=1S/C23H23N5O3/c1-30-19-9-5-7-17(23(19)31-2)22-21-16(15-6-3-4-8-18(15)26-21)10-11-28(22)20(29)12-27-14-24-13-25-27/h3-9,13-14,22,26H,10-12H2,1-2H3/t22-/m1/s1. The molecule has 0 unspecified atom stereocenters. The molecule has 1 N–H and O–H groups in total. The molecule has 0 spiro atoms. The lowest BCUT2D eigenvalue weighted by Crippen LogP contribution is -2.42. The second kappa shape index (κ2) is 7.79. The Morgan fingerprint density at radius 1 is 1.16 bits per heavy atom. The molecule has 158 valence electrons. The van der Waals surface area contributed by atoms with Crippen LogP contribution in [0.15, 0.2) is 55.1 Å². The first-order valence-electron chi connectivity index (χ1n) is 10.1. The predicted molar refractivity (Wildman–Crippen MR) is 115 cm³/mol. The first-order valence-corrected chi connectivity index (χ1v) is 10.1. The fraction of sp³-hybridized carbons (Fsp3) is 0.261. The number of carbonyl (C=O) groups is 1. The lowest BCUT2D eigenvalue weighted by Gasteiger charge is -2.37. The third-order valence-electron chi connectivity index (χ3n) is 5.85. The second-order valence-corrected chi connectivity index (χ2v) is 7.48. The van der Waals surface area contributed by atoms with Crippen molar-refractivity contribution < 1.29 is 14.3 Å². The number of hydrogen-bond acceptors (Lipinski definition) is 5. The number of fused-ring (bicyclic) bond motifs is 3. The average Bonchev–Trinajstić information content (AvgIpc) is 3.45. The molecule has 8 nitrogen and oxygen atoms in total. The Morgan fingerprint density at radius 3 is 2.81 bits per heavy atom. The van der Waals surface area contributed by atoms with Gasteiger partial charge in [0.05, 0.1) is 14.2 Å². The van der Waals surface area contributed by atoms with E-state index in [9.17, 15) is 4.79 Å². The summed E-state index contributed by atoms with van der Waals surface area (Å²) in [4.78, 5) is 22.8. The van der Waals surface area contributed by atoms with Gasteiger partial charge < -0.3 is 19.4 Å². The zero-order chi connectivity index (χ0) is 21.4. The molecular formula is C23H23N5O3. The lowest BCUT2D eigenvalue weighted by atomic mass is 9.91. The van der Waals surface area contributed by atoms with Crippen LogP contribution in [-0.2, 0) is 17.8 Å². The summed E-state index contributed by atoms with van der Waals surface area (Å²) < 4.78 is 12.8. The summed E-state index contributed by atoms with van der Waals surface area (Å²) in [6, 6.07) is 13.7. The molecule has 3 heterocycles. The maximum Gasteiger partial charge on any atom is 0.245 e. The lowest BCUT2D eigenvalue weighted by molar-refractivity contribution is -0.134. The van der Waals surface area contributed by atoms with Crippen molar-refractivity contribution in [3.05, 3.63) is 71.9 Å². The Kier molecular flexibility index (Phi) is 4.82. The minimum Gasteiger partial charge on any atom is -0.493 e. The Morgan fingerprint density at radius 2 is 2.03 bits per heavy atom. The number of rotatable bonds is 5. The van der Waals surface area contributed by atoms with Gasteiger partial charge in [-0.25, -0.2) is 9.67 Å². The number of nitrogens with zero attached hydrogens (tertiary/aromatic N) is 4. The normalized spacial score (nSPS) is 15.7. The van der Waals surface area contributed by atoms with Gasteiger partial charge in [0, 0.05) is 28.7 Å². The van der Waals surface area contributed by atoms with Crippen LogP contribution in [0.1, 0.15) is 22.9 Å². The molecule has 5 rings (SSSR count). The maximum absolute atomic E-state index is 13.4. The van der Waals surface area contributed by atoms with E-state index in [1.807, 2.05) is 35.2 Å². The Hall–Kier alpha value is -3.81. The molecule has 0 aliphatic carbocycles. The number of carbonyl (C=O) groups excluding carboxylic acids is 1. The molecule has 0 saturated carbocycles. The van der Waals surface area contributed by atoms with Crippen molar-refractivity contribution in [1.29, 1.82) is 0 Å². The summed E-state index contributed by atoms with van der Waals surface area (Å²) in [5, 5.41) is 5.28. The molecule has 4 aromatic rings. The highest BCUT2D eigenvalue weighted by Crippen LogP contribution is 2.44. The number of H-pyrrole nitrogens is 1. The van der Waals surface area contributed by atoms with E-state index < -0.39 is 0 Å². The van der Waals surface area contributed by atoms with Gasteiger partial charge in [-0.2, -0.15) is 5.10 Å². The van der Waals surface area contributed by atoms with Crippen LogP contribution in [-0.4, -0.2) is 51.3 Å².